The van der Waals surface area contributed by atoms with Crippen LogP contribution in [0.4, 0.5) is 13.2 Å². The van der Waals surface area contributed by atoms with E-state index in [9.17, 15) is 23.1 Å². The van der Waals surface area contributed by atoms with Crippen molar-refractivity contribution in [1.82, 2.24) is 5.43 Å². The third kappa shape index (κ3) is 4.99. The molecule has 0 aliphatic carbocycles. The molecule has 0 spiro atoms. The fourth-order valence-corrected chi connectivity index (χ4v) is 2.05. The van der Waals surface area contributed by atoms with E-state index in [0.717, 1.165) is 24.4 Å². The Kier molecular flexibility index (Phi) is 5.46. The van der Waals surface area contributed by atoms with Gasteiger partial charge in [0.25, 0.3) is 0 Å². The second kappa shape index (κ2) is 7.35. The molecule has 1 amide bonds. The molecule has 2 N–H and O–H groups in total. The average molecular weight is 357 g/mol. The van der Waals surface area contributed by atoms with E-state index in [1.54, 1.807) is 12.1 Å². The van der Waals surface area contributed by atoms with Crippen LogP contribution >= 0.6 is 11.6 Å². The Morgan fingerprint density at radius 1 is 1.25 bits per heavy atom. The minimum atomic E-state index is -4.49. The lowest BCUT2D eigenvalue weighted by molar-refractivity contribution is -0.137. The first kappa shape index (κ1) is 17.8. The highest BCUT2D eigenvalue weighted by Gasteiger charge is 2.30. The lowest BCUT2D eigenvalue weighted by Crippen LogP contribution is -2.19. The summed E-state index contributed by atoms with van der Waals surface area (Å²) in [5.74, 6) is -0.459. The van der Waals surface area contributed by atoms with Gasteiger partial charge in [-0.3, -0.25) is 4.79 Å². The number of phenolic OH excluding ortho intramolecular Hbond substituents is 1. The number of carbonyl (C=O) groups excluding carboxylic acids is 1. The van der Waals surface area contributed by atoms with Crippen LogP contribution in [-0.4, -0.2) is 17.2 Å². The number of hydrogen-bond donors (Lipinski definition) is 2. The van der Waals surface area contributed by atoms with Gasteiger partial charge in [0.15, 0.2) is 0 Å². The van der Waals surface area contributed by atoms with Crippen LogP contribution in [0.3, 0.4) is 0 Å². The maximum atomic E-state index is 12.6. The van der Waals surface area contributed by atoms with Crippen molar-refractivity contribution >= 4 is 23.7 Å². The monoisotopic (exact) mass is 356 g/mol. The summed E-state index contributed by atoms with van der Waals surface area (Å²) in [7, 11) is 0. The Morgan fingerprint density at radius 2 is 2.00 bits per heavy atom. The Bertz CT molecular complexity index is 776. The van der Waals surface area contributed by atoms with Crippen molar-refractivity contribution in [3.05, 3.63) is 64.2 Å². The molecule has 0 radical (unpaired) electrons. The third-order valence-corrected chi connectivity index (χ3v) is 3.34. The molecule has 0 heterocycles. The fraction of sp³-hybridized carbons (Fsp3) is 0.125. The molecule has 4 nitrogen and oxygen atoms in total. The van der Waals surface area contributed by atoms with Crippen molar-refractivity contribution in [3.63, 3.8) is 0 Å². The van der Waals surface area contributed by atoms with Crippen LogP contribution in [0.5, 0.6) is 5.75 Å². The maximum absolute atomic E-state index is 12.6. The van der Waals surface area contributed by atoms with Crippen molar-refractivity contribution in [2.45, 2.75) is 12.6 Å². The topological polar surface area (TPSA) is 61.7 Å². The average Bonchev–Trinajstić information content (AvgIpc) is 2.48. The number of hydrazone groups is 1. The molecule has 2 aromatic carbocycles. The van der Waals surface area contributed by atoms with Crippen LogP contribution < -0.4 is 5.43 Å². The molecule has 2 rings (SSSR count). The summed E-state index contributed by atoms with van der Waals surface area (Å²) in [5, 5.41) is 13.0. The van der Waals surface area contributed by atoms with Crippen LogP contribution in [0.1, 0.15) is 16.7 Å². The van der Waals surface area contributed by atoms with Gasteiger partial charge in [-0.1, -0.05) is 23.7 Å². The van der Waals surface area contributed by atoms with E-state index in [1.807, 2.05) is 0 Å². The molecule has 0 aliphatic rings. The molecular formula is C16H12ClF3N2O2. The van der Waals surface area contributed by atoms with Crippen LogP contribution in [0, 0.1) is 0 Å². The Balaban J connectivity index is 2.02. The molecule has 0 aliphatic heterocycles. The summed E-state index contributed by atoms with van der Waals surface area (Å²) in [6.45, 7) is 0. The van der Waals surface area contributed by atoms with E-state index in [-0.39, 0.29) is 22.8 Å². The fourth-order valence-electron chi connectivity index (χ4n) is 1.88. The summed E-state index contributed by atoms with van der Waals surface area (Å²) >= 11 is 5.81. The highest BCUT2D eigenvalue weighted by atomic mass is 35.5. The van der Waals surface area contributed by atoms with Gasteiger partial charge in [0, 0.05) is 10.6 Å². The number of amides is 1. The van der Waals surface area contributed by atoms with Crippen LogP contribution in [0.15, 0.2) is 47.6 Å². The molecule has 0 saturated carbocycles. The van der Waals surface area contributed by atoms with Crippen molar-refractivity contribution in [1.29, 1.82) is 0 Å². The van der Waals surface area contributed by atoms with E-state index in [4.69, 9.17) is 11.6 Å². The predicted molar refractivity (Wildman–Crippen MR) is 84.0 cm³/mol. The van der Waals surface area contributed by atoms with Crippen molar-refractivity contribution < 1.29 is 23.1 Å². The summed E-state index contributed by atoms with van der Waals surface area (Å²) in [5.41, 5.74) is 1.93. The number of hydrogen-bond acceptors (Lipinski definition) is 3. The molecule has 0 saturated heterocycles. The summed E-state index contributed by atoms with van der Waals surface area (Å²) in [4.78, 5) is 11.7. The van der Waals surface area contributed by atoms with Gasteiger partial charge in [-0.2, -0.15) is 18.3 Å². The first-order chi connectivity index (χ1) is 11.3. The van der Waals surface area contributed by atoms with Gasteiger partial charge in [0.1, 0.15) is 5.75 Å². The number of halogens is 4. The van der Waals surface area contributed by atoms with Crippen LogP contribution in [-0.2, 0) is 17.4 Å². The number of rotatable bonds is 4. The van der Waals surface area contributed by atoms with Gasteiger partial charge in [0.05, 0.1) is 18.2 Å². The van der Waals surface area contributed by atoms with Gasteiger partial charge < -0.3 is 5.11 Å². The maximum Gasteiger partial charge on any atom is 0.416 e. The normalized spacial score (nSPS) is 11.7. The second-order valence-corrected chi connectivity index (χ2v) is 5.28. The summed E-state index contributed by atoms with van der Waals surface area (Å²) in [6, 6.07) is 8.94. The van der Waals surface area contributed by atoms with E-state index in [2.05, 4.69) is 10.5 Å². The number of benzene rings is 2. The number of alkyl halides is 3. The van der Waals surface area contributed by atoms with Gasteiger partial charge in [-0.05, 0) is 35.9 Å². The summed E-state index contributed by atoms with van der Waals surface area (Å²) in [6.07, 6.45) is -3.49. The largest absolute Gasteiger partial charge is 0.508 e. The molecule has 0 atom stereocenters. The van der Waals surface area contributed by atoms with Crippen LogP contribution in [0.25, 0.3) is 0 Å². The zero-order valence-corrected chi connectivity index (χ0v) is 12.9. The lowest BCUT2D eigenvalue weighted by Gasteiger charge is -2.08. The summed E-state index contributed by atoms with van der Waals surface area (Å²) < 4.78 is 37.9. The van der Waals surface area contributed by atoms with Crippen molar-refractivity contribution in [2.75, 3.05) is 0 Å². The molecule has 0 aromatic heterocycles. The smallest absolute Gasteiger partial charge is 0.416 e. The van der Waals surface area contributed by atoms with Crippen LogP contribution in [0.2, 0.25) is 5.02 Å². The molecule has 0 fully saturated rings. The second-order valence-electron chi connectivity index (χ2n) is 4.87. The number of carbonyl (C=O) groups is 1. The number of aromatic hydroxyl groups is 1. The Morgan fingerprint density at radius 3 is 2.67 bits per heavy atom. The first-order valence-corrected chi connectivity index (χ1v) is 7.10. The predicted octanol–water partition coefficient (Wildman–Crippen LogP) is 3.76. The molecule has 0 bridgehead atoms. The molecule has 126 valence electrons. The van der Waals surface area contributed by atoms with E-state index in [0.29, 0.717) is 5.56 Å². The molecular weight excluding hydrogens is 345 g/mol. The van der Waals surface area contributed by atoms with E-state index < -0.39 is 17.6 Å². The standard InChI is InChI=1S/C16H12ClF3N2O2/c17-14-5-4-12(16(18,19)20)8-11(14)9-21-22-15(24)7-10-2-1-3-13(23)6-10/h1-6,8-9,23H,7H2,(H,22,24). The number of nitrogens with zero attached hydrogens (tertiary/aromatic N) is 1. The van der Waals surface area contributed by atoms with Gasteiger partial charge in [0.2, 0.25) is 5.91 Å². The molecule has 0 unspecified atom stereocenters. The molecule has 24 heavy (non-hydrogen) atoms. The number of nitrogens with one attached hydrogen (secondary N) is 1. The van der Waals surface area contributed by atoms with Crippen molar-refractivity contribution in [3.8, 4) is 5.75 Å². The molecule has 2 aromatic rings. The quantitative estimate of drug-likeness (QED) is 0.647. The SMILES string of the molecule is O=C(Cc1cccc(O)c1)NN=Cc1cc(C(F)(F)F)ccc1Cl. The number of phenols is 1. The Labute approximate surface area is 140 Å². The van der Waals surface area contributed by atoms with E-state index >= 15 is 0 Å². The minimum Gasteiger partial charge on any atom is -0.508 e. The lowest BCUT2D eigenvalue weighted by atomic mass is 10.1. The van der Waals surface area contributed by atoms with Gasteiger partial charge in [-0.25, -0.2) is 5.43 Å². The van der Waals surface area contributed by atoms with Gasteiger partial charge >= 0.3 is 6.18 Å². The highest BCUT2D eigenvalue weighted by Crippen LogP contribution is 2.31. The Hall–Kier alpha value is -2.54. The third-order valence-electron chi connectivity index (χ3n) is 2.99. The van der Waals surface area contributed by atoms with E-state index in [1.165, 1.54) is 12.1 Å². The minimum absolute atomic E-state index is 0.0274. The zero-order chi connectivity index (χ0) is 17.7. The zero-order valence-electron chi connectivity index (χ0n) is 12.1. The van der Waals surface area contributed by atoms with Gasteiger partial charge in [-0.15, -0.1) is 0 Å². The van der Waals surface area contributed by atoms with Crippen molar-refractivity contribution in [2.24, 2.45) is 5.10 Å². The highest BCUT2D eigenvalue weighted by molar-refractivity contribution is 6.33. The first-order valence-electron chi connectivity index (χ1n) is 6.72. The molecule has 8 heteroatoms.